The Balaban J connectivity index is 2.46. The molecule has 5 heteroatoms. The molecule has 1 rings (SSSR count). The van der Waals surface area contributed by atoms with Gasteiger partial charge in [-0.1, -0.05) is 19.1 Å². The van der Waals surface area contributed by atoms with E-state index in [9.17, 15) is 8.42 Å². The van der Waals surface area contributed by atoms with Gasteiger partial charge in [-0.05, 0) is 24.6 Å². The minimum absolute atomic E-state index is 0.0567. The van der Waals surface area contributed by atoms with Gasteiger partial charge in [-0.2, -0.15) is 0 Å². The minimum atomic E-state index is -3.42. The number of benzene rings is 1. The average molecular weight is 243 g/mol. The number of sulfonamides is 1. The van der Waals surface area contributed by atoms with Gasteiger partial charge in [-0.25, -0.2) is 13.6 Å². The summed E-state index contributed by atoms with van der Waals surface area (Å²) in [6.45, 7) is 4.11. The zero-order valence-electron chi connectivity index (χ0n) is 9.51. The van der Waals surface area contributed by atoms with Crippen molar-refractivity contribution < 1.29 is 13.2 Å². The van der Waals surface area contributed by atoms with Crippen LogP contribution in [0.4, 0.5) is 0 Å². The Morgan fingerprint density at radius 1 is 1.44 bits per heavy atom. The van der Waals surface area contributed by atoms with Crippen LogP contribution in [0, 0.1) is 12.8 Å². The molecule has 2 N–H and O–H groups in total. The van der Waals surface area contributed by atoms with E-state index in [4.69, 9.17) is 9.88 Å². The Morgan fingerprint density at radius 3 is 2.69 bits per heavy atom. The quantitative estimate of drug-likeness (QED) is 0.847. The van der Waals surface area contributed by atoms with Crippen molar-refractivity contribution in [3.05, 3.63) is 29.8 Å². The third-order valence-electron chi connectivity index (χ3n) is 2.04. The van der Waals surface area contributed by atoms with Gasteiger partial charge in [0.25, 0.3) is 0 Å². The fraction of sp³-hybridized carbons (Fsp3) is 0.455. The van der Waals surface area contributed by atoms with E-state index in [1.807, 2.05) is 31.2 Å². The van der Waals surface area contributed by atoms with Crippen LogP contribution in [-0.4, -0.2) is 20.8 Å². The van der Waals surface area contributed by atoms with E-state index >= 15 is 0 Å². The second-order valence-corrected chi connectivity index (χ2v) is 5.72. The van der Waals surface area contributed by atoms with Crippen molar-refractivity contribution in [3.8, 4) is 5.75 Å². The van der Waals surface area contributed by atoms with Crippen molar-refractivity contribution in [3.63, 3.8) is 0 Å². The highest BCUT2D eigenvalue weighted by Crippen LogP contribution is 2.13. The molecule has 0 radical (unpaired) electrons. The lowest BCUT2D eigenvalue weighted by Crippen LogP contribution is -2.25. The molecule has 0 bridgehead atoms. The Labute approximate surface area is 96.5 Å². The molecule has 1 unspecified atom stereocenters. The topological polar surface area (TPSA) is 69.4 Å². The molecule has 0 aliphatic heterocycles. The van der Waals surface area contributed by atoms with E-state index in [-0.39, 0.29) is 11.7 Å². The molecule has 90 valence electrons. The Hall–Kier alpha value is -1.07. The largest absolute Gasteiger partial charge is 0.493 e. The molecule has 0 amide bonds. The summed E-state index contributed by atoms with van der Waals surface area (Å²) >= 11 is 0. The second-order valence-electron chi connectivity index (χ2n) is 4.06. The maximum atomic E-state index is 10.8. The number of primary sulfonamides is 1. The summed E-state index contributed by atoms with van der Waals surface area (Å²) in [5.41, 5.74) is 1.11. The predicted molar refractivity (Wildman–Crippen MR) is 63.8 cm³/mol. The smallest absolute Gasteiger partial charge is 0.209 e. The summed E-state index contributed by atoms with van der Waals surface area (Å²) in [6.07, 6.45) is 0. The molecule has 0 spiro atoms. The summed E-state index contributed by atoms with van der Waals surface area (Å²) in [5.74, 6) is 0.579. The molecule has 0 aliphatic carbocycles. The minimum Gasteiger partial charge on any atom is -0.493 e. The van der Waals surface area contributed by atoms with E-state index in [0.29, 0.717) is 6.61 Å². The molecule has 1 aromatic rings. The van der Waals surface area contributed by atoms with E-state index in [1.165, 1.54) is 0 Å². The van der Waals surface area contributed by atoms with E-state index in [0.717, 1.165) is 11.3 Å². The third kappa shape index (κ3) is 5.14. The maximum Gasteiger partial charge on any atom is 0.209 e. The number of hydrogen-bond acceptors (Lipinski definition) is 3. The van der Waals surface area contributed by atoms with Crippen LogP contribution in [0.5, 0.6) is 5.75 Å². The van der Waals surface area contributed by atoms with Crippen molar-refractivity contribution in [2.24, 2.45) is 11.1 Å². The molecular formula is C11H17NO3S. The SMILES string of the molecule is Cc1cccc(OCC(C)CS(N)(=O)=O)c1. The summed E-state index contributed by atoms with van der Waals surface area (Å²) in [7, 11) is -3.42. The van der Waals surface area contributed by atoms with E-state index < -0.39 is 10.0 Å². The summed E-state index contributed by atoms with van der Waals surface area (Å²) in [6, 6.07) is 7.62. The number of hydrogen-bond donors (Lipinski definition) is 1. The lowest BCUT2D eigenvalue weighted by molar-refractivity contribution is 0.271. The standard InChI is InChI=1S/C11H17NO3S/c1-9-4-3-5-11(6-9)15-7-10(2)8-16(12,13)14/h3-6,10H,7-8H2,1-2H3,(H2,12,13,14). The molecule has 16 heavy (non-hydrogen) atoms. The first kappa shape index (κ1) is 13.0. The highest BCUT2D eigenvalue weighted by Gasteiger charge is 2.11. The first-order chi connectivity index (χ1) is 7.37. The summed E-state index contributed by atoms with van der Waals surface area (Å²) in [4.78, 5) is 0. The van der Waals surface area contributed by atoms with Crippen LogP contribution in [-0.2, 0) is 10.0 Å². The van der Waals surface area contributed by atoms with Crippen molar-refractivity contribution >= 4 is 10.0 Å². The number of ether oxygens (including phenoxy) is 1. The van der Waals surface area contributed by atoms with Crippen LogP contribution >= 0.6 is 0 Å². The van der Waals surface area contributed by atoms with Crippen LogP contribution in [0.3, 0.4) is 0 Å². The lowest BCUT2D eigenvalue weighted by Gasteiger charge is -2.12. The highest BCUT2D eigenvalue weighted by atomic mass is 32.2. The van der Waals surface area contributed by atoms with Gasteiger partial charge in [0.1, 0.15) is 5.75 Å². The average Bonchev–Trinajstić information content (AvgIpc) is 2.12. The fourth-order valence-electron chi connectivity index (χ4n) is 1.39. The Morgan fingerprint density at radius 2 is 2.12 bits per heavy atom. The molecule has 1 atom stereocenters. The van der Waals surface area contributed by atoms with Gasteiger partial charge in [0, 0.05) is 5.92 Å². The van der Waals surface area contributed by atoms with Crippen LogP contribution in [0.2, 0.25) is 0 Å². The van der Waals surface area contributed by atoms with Gasteiger partial charge < -0.3 is 4.74 Å². The number of nitrogens with two attached hydrogens (primary N) is 1. The Kier molecular flexibility index (Phi) is 4.32. The van der Waals surface area contributed by atoms with Crippen LogP contribution in [0.25, 0.3) is 0 Å². The molecule has 4 nitrogen and oxygen atoms in total. The number of aryl methyl sites for hydroxylation is 1. The maximum absolute atomic E-state index is 10.8. The van der Waals surface area contributed by atoms with Crippen LogP contribution < -0.4 is 9.88 Å². The first-order valence-electron chi connectivity index (χ1n) is 5.07. The molecule has 0 saturated carbocycles. The molecule has 0 fully saturated rings. The zero-order chi connectivity index (χ0) is 12.2. The van der Waals surface area contributed by atoms with Crippen molar-refractivity contribution in [2.45, 2.75) is 13.8 Å². The fourth-order valence-corrected chi connectivity index (χ4v) is 2.28. The molecule has 0 aliphatic rings. The normalized spacial score (nSPS) is 13.4. The number of rotatable bonds is 5. The van der Waals surface area contributed by atoms with Gasteiger partial charge >= 0.3 is 0 Å². The second kappa shape index (κ2) is 5.32. The van der Waals surface area contributed by atoms with E-state index in [1.54, 1.807) is 6.92 Å². The van der Waals surface area contributed by atoms with Crippen molar-refractivity contribution in [1.82, 2.24) is 0 Å². The predicted octanol–water partition coefficient (Wildman–Crippen LogP) is 1.30. The molecule has 0 saturated heterocycles. The van der Waals surface area contributed by atoms with Crippen LogP contribution in [0.1, 0.15) is 12.5 Å². The van der Waals surface area contributed by atoms with E-state index in [2.05, 4.69) is 0 Å². The molecular weight excluding hydrogens is 226 g/mol. The summed E-state index contributed by atoms with van der Waals surface area (Å²) < 4.78 is 27.1. The third-order valence-corrected chi connectivity index (χ3v) is 3.07. The van der Waals surface area contributed by atoms with Gasteiger partial charge in [-0.15, -0.1) is 0 Å². The highest BCUT2D eigenvalue weighted by molar-refractivity contribution is 7.89. The Bertz CT molecular complexity index is 442. The zero-order valence-corrected chi connectivity index (χ0v) is 10.3. The van der Waals surface area contributed by atoms with Gasteiger partial charge in [-0.3, -0.25) is 0 Å². The van der Waals surface area contributed by atoms with Gasteiger partial charge in [0.05, 0.1) is 12.4 Å². The molecule has 1 aromatic carbocycles. The van der Waals surface area contributed by atoms with Crippen LogP contribution in [0.15, 0.2) is 24.3 Å². The molecule has 0 aromatic heterocycles. The van der Waals surface area contributed by atoms with Crippen molar-refractivity contribution in [1.29, 1.82) is 0 Å². The van der Waals surface area contributed by atoms with Gasteiger partial charge in [0.2, 0.25) is 10.0 Å². The van der Waals surface area contributed by atoms with Gasteiger partial charge in [0.15, 0.2) is 0 Å². The lowest BCUT2D eigenvalue weighted by atomic mass is 10.2. The first-order valence-corrected chi connectivity index (χ1v) is 6.78. The van der Waals surface area contributed by atoms with Crippen molar-refractivity contribution in [2.75, 3.05) is 12.4 Å². The summed E-state index contributed by atoms with van der Waals surface area (Å²) in [5, 5.41) is 4.95. The molecule has 0 heterocycles. The monoisotopic (exact) mass is 243 g/mol.